The van der Waals surface area contributed by atoms with Gasteiger partial charge in [-0.15, -0.1) is 0 Å². The molecule has 0 aromatic rings. The molecule has 1 saturated heterocycles. The second-order valence-electron chi connectivity index (χ2n) is 12.4. The summed E-state index contributed by atoms with van der Waals surface area (Å²) < 4.78 is 18.6. The van der Waals surface area contributed by atoms with Gasteiger partial charge in [-0.1, -0.05) is 27.2 Å². The monoisotopic (exact) mass is 422 g/mol. The highest BCUT2D eigenvalue weighted by Gasteiger charge is 2.81. The zero-order valence-corrected chi connectivity index (χ0v) is 20.2. The minimum Gasteiger partial charge on any atom is -0.469 e. The number of carbonyl (C=O) groups excluding carboxylic acids is 1. The van der Waals surface area contributed by atoms with Crippen LogP contribution in [0.4, 0.5) is 0 Å². The molecule has 0 radical (unpaired) electrons. The van der Waals surface area contributed by atoms with E-state index in [0.29, 0.717) is 0 Å². The molecule has 30 heavy (non-hydrogen) atoms. The maximum absolute atomic E-state index is 13.0. The second kappa shape index (κ2) is 6.68. The van der Waals surface area contributed by atoms with Gasteiger partial charge in [-0.2, -0.15) is 0 Å². The topological polar surface area (TPSA) is 68.3 Å². The molecule has 5 heteroatoms. The second-order valence-corrected chi connectivity index (χ2v) is 12.4. The molecule has 0 aromatic heterocycles. The zero-order chi connectivity index (χ0) is 22.3. The van der Waals surface area contributed by atoms with Crippen LogP contribution in [0.15, 0.2) is 0 Å². The third kappa shape index (κ3) is 2.87. The van der Waals surface area contributed by atoms with Crippen molar-refractivity contribution in [2.24, 2.45) is 28.6 Å². The van der Waals surface area contributed by atoms with Crippen LogP contribution in [0.3, 0.4) is 0 Å². The van der Waals surface area contributed by atoms with E-state index < -0.39 is 16.6 Å². The van der Waals surface area contributed by atoms with Crippen LogP contribution in [0.1, 0.15) is 87.0 Å². The van der Waals surface area contributed by atoms with Crippen LogP contribution in [-0.4, -0.2) is 47.2 Å². The lowest BCUT2D eigenvalue weighted by molar-refractivity contribution is -0.215. The molecule has 4 rings (SSSR count). The number of esters is 1. The van der Waals surface area contributed by atoms with Crippen LogP contribution >= 0.6 is 0 Å². The minimum atomic E-state index is -0.806. The molecule has 0 aromatic carbocycles. The summed E-state index contributed by atoms with van der Waals surface area (Å²) in [5.74, 6) is 0.510. The average Bonchev–Trinajstić information content (AvgIpc) is 3.39. The van der Waals surface area contributed by atoms with Gasteiger partial charge in [0, 0.05) is 0 Å². The summed E-state index contributed by atoms with van der Waals surface area (Å²) in [4.78, 5) is 13.0. The predicted molar refractivity (Wildman–Crippen MR) is 115 cm³/mol. The summed E-state index contributed by atoms with van der Waals surface area (Å²) in [5, 5.41) is 11.6. The molecular weight excluding hydrogens is 380 g/mol. The fourth-order valence-electron chi connectivity index (χ4n) is 7.87. The van der Waals surface area contributed by atoms with Crippen LogP contribution in [-0.2, 0) is 19.0 Å². The minimum absolute atomic E-state index is 0.0218. The number of carbonyl (C=O) groups is 1. The van der Waals surface area contributed by atoms with Crippen LogP contribution in [0.2, 0.25) is 0 Å². The van der Waals surface area contributed by atoms with Gasteiger partial charge in [0.1, 0.15) is 11.7 Å². The first-order valence-corrected chi connectivity index (χ1v) is 11.9. The van der Waals surface area contributed by atoms with Gasteiger partial charge in [0.05, 0.1) is 29.8 Å². The van der Waals surface area contributed by atoms with E-state index in [4.69, 9.17) is 14.2 Å². The summed E-state index contributed by atoms with van der Waals surface area (Å²) in [6, 6.07) is 0. The van der Waals surface area contributed by atoms with E-state index in [1.165, 1.54) is 7.11 Å². The van der Waals surface area contributed by atoms with Crippen molar-refractivity contribution in [3.8, 4) is 0 Å². The number of epoxide rings is 1. The van der Waals surface area contributed by atoms with Crippen molar-refractivity contribution in [1.29, 1.82) is 0 Å². The van der Waals surface area contributed by atoms with E-state index in [0.717, 1.165) is 38.5 Å². The molecule has 3 aliphatic carbocycles. The van der Waals surface area contributed by atoms with E-state index in [2.05, 4.69) is 48.5 Å². The molecule has 0 amide bonds. The molecule has 172 valence electrons. The average molecular weight is 423 g/mol. The van der Waals surface area contributed by atoms with Crippen molar-refractivity contribution in [3.63, 3.8) is 0 Å². The number of methoxy groups -OCH3 is 1. The molecule has 1 heterocycles. The molecular formula is C25H42O5. The first kappa shape index (κ1) is 22.5. The first-order chi connectivity index (χ1) is 13.8. The SMILES string of the molecule is COC(=O)[C@]1(C)CCC[C@]2(C)[C@H]3CC[C@](O)(C(C)C)[C@H]4O[C@@]34[C@H](OC(C)(C)C)C[C@H]21. The molecule has 1 spiro atoms. The van der Waals surface area contributed by atoms with Gasteiger partial charge in [-0.3, -0.25) is 4.79 Å². The van der Waals surface area contributed by atoms with E-state index in [1.807, 2.05) is 0 Å². The normalized spacial score (nSPS) is 50.3. The Morgan fingerprint density at radius 3 is 2.37 bits per heavy atom. The molecule has 0 unspecified atom stereocenters. The highest BCUT2D eigenvalue weighted by Crippen LogP contribution is 2.73. The largest absolute Gasteiger partial charge is 0.469 e. The third-order valence-corrected chi connectivity index (χ3v) is 9.38. The van der Waals surface area contributed by atoms with Gasteiger partial charge in [-0.25, -0.2) is 0 Å². The summed E-state index contributed by atoms with van der Waals surface area (Å²) >= 11 is 0. The Morgan fingerprint density at radius 2 is 1.80 bits per heavy atom. The van der Waals surface area contributed by atoms with Gasteiger partial charge in [-0.05, 0) is 83.0 Å². The van der Waals surface area contributed by atoms with Crippen LogP contribution in [0, 0.1) is 28.6 Å². The summed E-state index contributed by atoms with van der Waals surface area (Å²) in [5.41, 5.74) is -2.09. The summed E-state index contributed by atoms with van der Waals surface area (Å²) in [6.45, 7) is 14.9. The molecule has 1 aliphatic heterocycles. The summed E-state index contributed by atoms with van der Waals surface area (Å²) in [6.07, 6.45) is 5.12. The van der Waals surface area contributed by atoms with Crippen LogP contribution in [0.5, 0.6) is 0 Å². The van der Waals surface area contributed by atoms with Crippen molar-refractivity contribution < 1.29 is 24.1 Å². The lowest BCUT2D eigenvalue weighted by atomic mass is 9.42. The Balaban J connectivity index is 1.79. The van der Waals surface area contributed by atoms with Crippen LogP contribution < -0.4 is 0 Å². The molecule has 3 saturated carbocycles. The van der Waals surface area contributed by atoms with Gasteiger partial charge >= 0.3 is 5.97 Å². The number of rotatable bonds is 3. The molecule has 8 atom stereocenters. The predicted octanol–water partition coefficient (Wildman–Crippen LogP) is 4.49. The molecule has 4 fully saturated rings. The number of hydrogen-bond donors (Lipinski definition) is 1. The Bertz CT molecular complexity index is 713. The number of hydrogen-bond acceptors (Lipinski definition) is 5. The summed E-state index contributed by atoms with van der Waals surface area (Å²) in [7, 11) is 1.51. The maximum atomic E-state index is 13.0. The Morgan fingerprint density at radius 1 is 1.13 bits per heavy atom. The lowest BCUT2D eigenvalue weighted by Gasteiger charge is -2.62. The van der Waals surface area contributed by atoms with Gasteiger partial charge in [0.2, 0.25) is 0 Å². The number of aliphatic hydroxyl groups is 1. The standard InChI is InChI=1S/C25H42O5/c1-15(2)24(27)13-10-16-22(6)11-9-12-23(7,20(26)28-8)17(22)14-18(29-21(3,4)5)25(16)19(24)30-25/h15-19,27H,9-14H2,1-8H3/t16-,17-,18-,19-,22-,23-,24+,25-/m1/s1. The van der Waals surface area contributed by atoms with Crippen molar-refractivity contribution in [2.75, 3.05) is 7.11 Å². The Kier molecular flexibility index (Phi) is 5.02. The van der Waals surface area contributed by atoms with Crippen molar-refractivity contribution in [3.05, 3.63) is 0 Å². The lowest BCUT2D eigenvalue weighted by Crippen LogP contribution is -2.67. The number of ether oxygens (including phenoxy) is 3. The van der Waals surface area contributed by atoms with Gasteiger partial charge in [0.15, 0.2) is 0 Å². The third-order valence-electron chi connectivity index (χ3n) is 9.38. The Labute approximate surface area is 182 Å². The van der Waals surface area contributed by atoms with Crippen molar-refractivity contribution in [2.45, 2.75) is 116 Å². The fourth-order valence-corrected chi connectivity index (χ4v) is 7.87. The Hall–Kier alpha value is -0.650. The first-order valence-electron chi connectivity index (χ1n) is 11.9. The van der Waals surface area contributed by atoms with Gasteiger partial charge < -0.3 is 19.3 Å². The smallest absolute Gasteiger partial charge is 0.311 e. The maximum Gasteiger partial charge on any atom is 0.311 e. The molecule has 0 bridgehead atoms. The number of fused-ring (bicyclic) bond motifs is 2. The van der Waals surface area contributed by atoms with E-state index in [9.17, 15) is 9.90 Å². The van der Waals surface area contributed by atoms with E-state index in [1.54, 1.807) is 0 Å². The van der Waals surface area contributed by atoms with Crippen LogP contribution in [0.25, 0.3) is 0 Å². The molecule has 1 N–H and O–H groups in total. The highest BCUT2D eigenvalue weighted by atomic mass is 16.7. The quantitative estimate of drug-likeness (QED) is 0.536. The zero-order valence-electron chi connectivity index (χ0n) is 20.2. The van der Waals surface area contributed by atoms with Crippen molar-refractivity contribution >= 4 is 5.97 Å². The highest BCUT2D eigenvalue weighted by molar-refractivity contribution is 5.77. The molecule has 5 nitrogen and oxygen atoms in total. The van der Waals surface area contributed by atoms with Crippen molar-refractivity contribution in [1.82, 2.24) is 0 Å². The molecule has 4 aliphatic rings. The van der Waals surface area contributed by atoms with E-state index in [-0.39, 0.29) is 46.9 Å². The fraction of sp³-hybridized carbons (Fsp3) is 0.960. The van der Waals surface area contributed by atoms with Gasteiger partial charge in [0.25, 0.3) is 0 Å². The van der Waals surface area contributed by atoms with E-state index >= 15 is 0 Å².